The van der Waals surface area contributed by atoms with E-state index in [2.05, 4.69) is 12.2 Å². The molecule has 0 saturated heterocycles. The Morgan fingerprint density at radius 1 is 1.18 bits per heavy atom. The van der Waals surface area contributed by atoms with E-state index in [9.17, 15) is 9.18 Å². The first-order chi connectivity index (χ1) is 10.7. The van der Waals surface area contributed by atoms with E-state index in [1.54, 1.807) is 18.2 Å². The topological polar surface area (TPSA) is 38.3 Å². The minimum absolute atomic E-state index is 0.0397. The molecule has 22 heavy (non-hydrogen) atoms. The van der Waals surface area contributed by atoms with Gasteiger partial charge < -0.3 is 10.1 Å². The van der Waals surface area contributed by atoms with E-state index < -0.39 is 0 Å². The summed E-state index contributed by atoms with van der Waals surface area (Å²) in [5.41, 5.74) is 1.61. The molecule has 1 amide bonds. The molecule has 0 heterocycles. The summed E-state index contributed by atoms with van der Waals surface area (Å²) in [4.78, 5) is 11.7. The Balaban J connectivity index is 1.72. The van der Waals surface area contributed by atoms with Crippen molar-refractivity contribution in [2.45, 2.75) is 19.8 Å². The molecule has 3 nitrogen and oxygen atoms in total. The number of halogens is 1. The van der Waals surface area contributed by atoms with Gasteiger partial charge in [0, 0.05) is 0 Å². The highest BCUT2D eigenvalue weighted by molar-refractivity contribution is 5.78. The lowest BCUT2D eigenvalue weighted by Crippen LogP contribution is -2.29. The van der Waals surface area contributed by atoms with Gasteiger partial charge in [-0.25, -0.2) is 4.39 Å². The Labute approximate surface area is 130 Å². The molecule has 0 aliphatic heterocycles. The van der Waals surface area contributed by atoms with Crippen LogP contribution in [-0.2, 0) is 17.6 Å². The van der Waals surface area contributed by atoms with Crippen molar-refractivity contribution in [1.29, 1.82) is 0 Å². The van der Waals surface area contributed by atoms with Crippen LogP contribution in [0.25, 0.3) is 0 Å². The molecule has 2 rings (SSSR count). The molecule has 0 aliphatic carbocycles. The second-order valence-electron chi connectivity index (χ2n) is 4.97. The van der Waals surface area contributed by atoms with Crippen LogP contribution >= 0.6 is 0 Å². The number of rotatable bonds is 7. The number of nitrogens with one attached hydrogen (secondary N) is 1. The Morgan fingerprint density at radius 3 is 2.77 bits per heavy atom. The first-order valence-corrected chi connectivity index (χ1v) is 7.41. The third kappa shape index (κ3) is 4.88. The molecule has 0 bridgehead atoms. The highest BCUT2D eigenvalue weighted by Crippen LogP contribution is 2.13. The molecular weight excluding hydrogens is 281 g/mol. The summed E-state index contributed by atoms with van der Waals surface area (Å²) < 4.78 is 19.0. The average molecular weight is 301 g/mol. The number of ether oxygens (including phenoxy) is 1. The van der Waals surface area contributed by atoms with E-state index in [0.717, 1.165) is 12.2 Å². The fourth-order valence-electron chi connectivity index (χ4n) is 2.09. The molecule has 1 N–H and O–H groups in total. The molecule has 0 spiro atoms. The summed E-state index contributed by atoms with van der Waals surface area (Å²) in [6.45, 7) is 2.86. The third-order valence-corrected chi connectivity index (χ3v) is 3.31. The van der Waals surface area contributed by atoms with Crippen molar-refractivity contribution in [3.63, 3.8) is 0 Å². The molecule has 0 saturated carbocycles. The summed E-state index contributed by atoms with van der Waals surface area (Å²) in [5, 5.41) is 2.73. The number of carbonyl (C=O) groups excluding carboxylic acids is 1. The minimum atomic E-state index is -0.356. The lowest BCUT2D eigenvalue weighted by atomic mass is 10.1. The number of aryl methyl sites for hydroxylation is 1. The largest absolute Gasteiger partial charge is 0.492 e. The van der Waals surface area contributed by atoms with Gasteiger partial charge in [-0.05, 0) is 35.7 Å². The molecule has 0 atom stereocenters. The second-order valence-corrected chi connectivity index (χ2v) is 4.97. The zero-order chi connectivity index (χ0) is 15.8. The predicted molar refractivity (Wildman–Crippen MR) is 84.4 cm³/mol. The zero-order valence-corrected chi connectivity index (χ0v) is 12.6. The van der Waals surface area contributed by atoms with Gasteiger partial charge in [-0.15, -0.1) is 0 Å². The normalized spacial score (nSPS) is 10.3. The van der Waals surface area contributed by atoms with Crippen molar-refractivity contribution in [3.8, 4) is 5.75 Å². The van der Waals surface area contributed by atoms with Gasteiger partial charge in [0.05, 0.1) is 13.0 Å². The van der Waals surface area contributed by atoms with Crippen LogP contribution in [0.1, 0.15) is 18.1 Å². The van der Waals surface area contributed by atoms with Crippen LogP contribution in [0.4, 0.5) is 4.39 Å². The van der Waals surface area contributed by atoms with Crippen LogP contribution in [0.15, 0.2) is 48.5 Å². The smallest absolute Gasteiger partial charge is 0.224 e. The van der Waals surface area contributed by atoms with Crippen molar-refractivity contribution < 1.29 is 13.9 Å². The summed E-state index contributed by atoms with van der Waals surface area (Å²) in [5.74, 6) is 0.226. The van der Waals surface area contributed by atoms with E-state index in [4.69, 9.17) is 4.74 Å². The molecule has 0 radical (unpaired) electrons. The van der Waals surface area contributed by atoms with Gasteiger partial charge in [-0.2, -0.15) is 0 Å². The monoisotopic (exact) mass is 301 g/mol. The fraction of sp³-hybridized carbons (Fsp3) is 0.278. The zero-order valence-electron chi connectivity index (χ0n) is 12.6. The number of carbonyl (C=O) groups is 1. The van der Waals surface area contributed by atoms with Crippen LogP contribution in [0, 0.1) is 5.82 Å². The van der Waals surface area contributed by atoms with E-state index in [1.165, 1.54) is 11.6 Å². The summed E-state index contributed by atoms with van der Waals surface area (Å²) >= 11 is 0. The first-order valence-electron chi connectivity index (χ1n) is 7.41. The number of hydrogen-bond donors (Lipinski definition) is 1. The SMILES string of the molecule is CCc1cccc(OCCNC(=O)Cc2ccccc2F)c1. The maximum absolute atomic E-state index is 13.4. The number of hydrogen-bond acceptors (Lipinski definition) is 2. The first kappa shape index (κ1) is 16.0. The second kappa shape index (κ2) is 8.17. The molecule has 0 aromatic heterocycles. The van der Waals surface area contributed by atoms with Crippen LogP contribution in [0.3, 0.4) is 0 Å². The maximum Gasteiger partial charge on any atom is 0.224 e. The highest BCUT2D eigenvalue weighted by Gasteiger charge is 2.06. The van der Waals surface area contributed by atoms with E-state index in [-0.39, 0.29) is 18.1 Å². The molecule has 0 aliphatic rings. The van der Waals surface area contributed by atoms with Gasteiger partial charge in [-0.3, -0.25) is 4.79 Å². The molecule has 2 aromatic rings. The number of benzene rings is 2. The summed E-state index contributed by atoms with van der Waals surface area (Å²) in [7, 11) is 0. The summed E-state index contributed by atoms with van der Waals surface area (Å²) in [6.07, 6.45) is 0.995. The molecule has 0 unspecified atom stereocenters. The molecule has 2 aromatic carbocycles. The van der Waals surface area contributed by atoms with Gasteiger partial charge in [0.1, 0.15) is 18.2 Å². The maximum atomic E-state index is 13.4. The van der Waals surface area contributed by atoms with E-state index >= 15 is 0 Å². The summed E-state index contributed by atoms with van der Waals surface area (Å²) in [6, 6.07) is 14.2. The van der Waals surface area contributed by atoms with Gasteiger partial charge in [0.15, 0.2) is 0 Å². The standard InChI is InChI=1S/C18H20FNO2/c1-2-14-6-5-8-16(12-14)22-11-10-20-18(21)13-15-7-3-4-9-17(15)19/h3-9,12H,2,10-11,13H2,1H3,(H,20,21). The van der Waals surface area contributed by atoms with Crippen molar-refractivity contribution in [2.24, 2.45) is 0 Å². The van der Waals surface area contributed by atoms with Gasteiger partial charge in [-0.1, -0.05) is 37.3 Å². The van der Waals surface area contributed by atoms with Gasteiger partial charge in [0.2, 0.25) is 5.91 Å². The van der Waals surface area contributed by atoms with Crippen LogP contribution in [0.2, 0.25) is 0 Å². The molecular formula is C18H20FNO2. The van der Waals surface area contributed by atoms with Crippen molar-refractivity contribution in [3.05, 3.63) is 65.5 Å². The Kier molecular flexibility index (Phi) is 5.95. The lowest BCUT2D eigenvalue weighted by molar-refractivity contribution is -0.120. The van der Waals surface area contributed by atoms with E-state index in [1.807, 2.05) is 24.3 Å². The highest BCUT2D eigenvalue weighted by atomic mass is 19.1. The lowest BCUT2D eigenvalue weighted by Gasteiger charge is -2.09. The molecule has 4 heteroatoms. The van der Waals surface area contributed by atoms with Gasteiger partial charge in [0.25, 0.3) is 0 Å². The van der Waals surface area contributed by atoms with Gasteiger partial charge >= 0.3 is 0 Å². The average Bonchev–Trinajstić information content (AvgIpc) is 2.54. The fourth-order valence-corrected chi connectivity index (χ4v) is 2.09. The third-order valence-electron chi connectivity index (χ3n) is 3.31. The van der Waals surface area contributed by atoms with Crippen molar-refractivity contribution in [1.82, 2.24) is 5.32 Å². The van der Waals surface area contributed by atoms with Crippen molar-refractivity contribution in [2.75, 3.05) is 13.2 Å². The Hall–Kier alpha value is -2.36. The van der Waals surface area contributed by atoms with E-state index in [0.29, 0.717) is 18.7 Å². The Bertz CT molecular complexity index is 628. The molecule has 116 valence electrons. The van der Waals surface area contributed by atoms with Crippen LogP contribution in [0.5, 0.6) is 5.75 Å². The van der Waals surface area contributed by atoms with Crippen molar-refractivity contribution >= 4 is 5.91 Å². The quantitative estimate of drug-likeness (QED) is 0.798. The predicted octanol–water partition coefficient (Wildman–Crippen LogP) is 3.13. The van der Waals surface area contributed by atoms with Crippen LogP contribution in [-0.4, -0.2) is 19.1 Å². The number of amides is 1. The Morgan fingerprint density at radius 2 is 2.00 bits per heavy atom. The molecule has 0 fully saturated rings. The minimum Gasteiger partial charge on any atom is -0.492 e. The van der Waals surface area contributed by atoms with Crippen LogP contribution < -0.4 is 10.1 Å².